The van der Waals surface area contributed by atoms with Gasteiger partial charge in [0, 0.05) is 29.3 Å². The molecule has 1 aliphatic heterocycles. The molecule has 0 radical (unpaired) electrons. The van der Waals surface area contributed by atoms with Crippen LogP contribution < -0.4 is 14.2 Å². The van der Waals surface area contributed by atoms with Gasteiger partial charge in [0.15, 0.2) is 18.3 Å². The molecule has 9 heteroatoms. The van der Waals surface area contributed by atoms with E-state index >= 15 is 0 Å². The van der Waals surface area contributed by atoms with Gasteiger partial charge in [-0.25, -0.2) is 4.79 Å². The maximum atomic E-state index is 12.2. The molecule has 0 unspecified atom stereocenters. The molecule has 3 rings (SSSR count). The van der Waals surface area contributed by atoms with Crippen molar-refractivity contribution in [1.29, 1.82) is 0 Å². The van der Waals surface area contributed by atoms with E-state index in [-0.39, 0.29) is 25.7 Å². The van der Waals surface area contributed by atoms with E-state index in [0.29, 0.717) is 41.6 Å². The molecule has 0 atom stereocenters. The fraction of sp³-hybridized carbons (Fsp3) is 0.348. The zero-order chi connectivity index (χ0) is 22.9. The van der Waals surface area contributed by atoms with Crippen LogP contribution in [0.5, 0.6) is 17.2 Å². The molecule has 0 saturated carbocycles. The number of esters is 1. The lowest BCUT2D eigenvalue weighted by molar-refractivity contribution is -0.385. The van der Waals surface area contributed by atoms with Crippen LogP contribution in [0, 0.1) is 10.1 Å². The van der Waals surface area contributed by atoms with Crippen molar-refractivity contribution in [1.82, 2.24) is 0 Å². The highest BCUT2D eigenvalue weighted by Crippen LogP contribution is 2.33. The molecule has 0 spiro atoms. The first kappa shape index (κ1) is 23.1. The van der Waals surface area contributed by atoms with Gasteiger partial charge in [-0.05, 0) is 37.1 Å². The molecule has 0 saturated heterocycles. The number of nitrogens with zero attached hydrogens (tertiary/aromatic N) is 1. The SMILES string of the molecule is CCCOc1ccc(/C=C/C(=O)OCc2cc([N+](=O)[O-])cc3c2OCOC3)cc1OCC. The van der Waals surface area contributed by atoms with Gasteiger partial charge >= 0.3 is 5.97 Å². The average molecular weight is 443 g/mol. The Kier molecular flexibility index (Phi) is 8.04. The molecular weight excluding hydrogens is 418 g/mol. The Labute approximate surface area is 185 Å². The highest BCUT2D eigenvalue weighted by Gasteiger charge is 2.21. The van der Waals surface area contributed by atoms with Crippen LogP contribution in [0.15, 0.2) is 36.4 Å². The first-order valence-electron chi connectivity index (χ1n) is 10.3. The van der Waals surface area contributed by atoms with Gasteiger partial charge in [-0.3, -0.25) is 10.1 Å². The Balaban J connectivity index is 1.68. The molecule has 1 aliphatic rings. The lowest BCUT2D eigenvalue weighted by Gasteiger charge is -2.20. The number of ether oxygens (including phenoxy) is 5. The first-order chi connectivity index (χ1) is 15.5. The standard InChI is InChI=1S/C23H25NO8/c1-3-9-30-20-7-5-16(10-21(20)29-4-2)6-8-22(25)31-14-18-12-19(24(26)27)11-17-13-28-15-32-23(17)18/h5-8,10-12H,3-4,9,13-15H2,1-2H3/b8-6+. The Bertz CT molecular complexity index is 1000. The molecule has 32 heavy (non-hydrogen) atoms. The van der Waals surface area contributed by atoms with Crippen molar-refractivity contribution in [3.8, 4) is 17.2 Å². The second kappa shape index (κ2) is 11.1. The van der Waals surface area contributed by atoms with Gasteiger partial charge in [0.2, 0.25) is 0 Å². The summed E-state index contributed by atoms with van der Waals surface area (Å²) in [5, 5.41) is 11.2. The summed E-state index contributed by atoms with van der Waals surface area (Å²) in [6.45, 7) is 5.03. The summed E-state index contributed by atoms with van der Waals surface area (Å²) in [6.07, 6.45) is 3.76. The maximum Gasteiger partial charge on any atom is 0.331 e. The molecular formula is C23H25NO8. The van der Waals surface area contributed by atoms with Crippen molar-refractivity contribution in [2.45, 2.75) is 33.5 Å². The van der Waals surface area contributed by atoms with E-state index in [1.807, 2.05) is 19.9 Å². The smallest absolute Gasteiger partial charge is 0.331 e. The lowest BCUT2D eigenvalue weighted by atomic mass is 10.1. The van der Waals surface area contributed by atoms with E-state index in [9.17, 15) is 14.9 Å². The van der Waals surface area contributed by atoms with Gasteiger partial charge < -0.3 is 23.7 Å². The number of rotatable bonds is 10. The van der Waals surface area contributed by atoms with Crippen molar-refractivity contribution >= 4 is 17.7 Å². The zero-order valence-electron chi connectivity index (χ0n) is 18.0. The summed E-state index contributed by atoms with van der Waals surface area (Å²) in [5.74, 6) is 1.09. The number of hydrogen-bond donors (Lipinski definition) is 0. The van der Waals surface area contributed by atoms with Gasteiger partial charge in [-0.2, -0.15) is 0 Å². The Hall–Kier alpha value is -3.59. The summed E-state index contributed by atoms with van der Waals surface area (Å²) in [5.41, 5.74) is 1.58. The van der Waals surface area contributed by atoms with E-state index in [1.54, 1.807) is 18.2 Å². The highest BCUT2D eigenvalue weighted by molar-refractivity contribution is 5.87. The van der Waals surface area contributed by atoms with Crippen LogP contribution in [0.2, 0.25) is 0 Å². The molecule has 0 amide bonds. The van der Waals surface area contributed by atoms with Crippen molar-refractivity contribution in [2.24, 2.45) is 0 Å². The van der Waals surface area contributed by atoms with Crippen molar-refractivity contribution in [2.75, 3.05) is 20.0 Å². The Morgan fingerprint density at radius 2 is 2.03 bits per heavy atom. The number of nitro benzene ring substituents is 1. The van der Waals surface area contributed by atoms with Gasteiger partial charge in [0.05, 0.1) is 24.7 Å². The number of nitro groups is 1. The van der Waals surface area contributed by atoms with Crippen molar-refractivity contribution < 1.29 is 33.4 Å². The predicted octanol–water partition coefficient (Wildman–Crippen LogP) is 4.41. The Morgan fingerprint density at radius 1 is 1.19 bits per heavy atom. The van der Waals surface area contributed by atoms with Gasteiger partial charge in [0.1, 0.15) is 12.4 Å². The van der Waals surface area contributed by atoms with E-state index in [1.165, 1.54) is 18.2 Å². The van der Waals surface area contributed by atoms with Crippen LogP contribution in [0.1, 0.15) is 37.0 Å². The number of benzene rings is 2. The molecule has 0 aromatic heterocycles. The summed E-state index contributed by atoms with van der Waals surface area (Å²) in [6, 6.07) is 8.11. The Morgan fingerprint density at radius 3 is 2.78 bits per heavy atom. The lowest BCUT2D eigenvalue weighted by Crippen LogP contribution is -2.14. The normalized spacial score (nSPS) is 12.7. The second-order valence-corrected chi connectivity index (χ2v) is 6.89. The number of fused-ring (bicyclic) bond motifs is 1. The van der Waals surface area contributed by atoms with Crippen LogP contribution in [0.4, 0.5) is 5.69 Å². The molecule has 0 N–H and O–H groups in total. The van der Waals surface area contributed by atoms with E-state index in [4.69, 9.17) is 23.7 Å². The minimum atomic E-state index is -0.596. The van der Waals surface area contributed by atoms with Gasteiger partial charge in [-0.1, -0.05) is 13.0 Å². The molecule has 0 aliphatic carbocycles. The summed E-state index contributed by atoms with van der Waals surface area (Å²) in [7, 11) is 0. The topological polar surface area (TPSA) is 106 Å². The largest absolute Gasteiger partial charge is 0.490 e. The molecule has 2 aromatic rings. The minimum Gasteiger partial charge on any atom is -0.490 e. The van der Waals surface area contributed by atoms with Crippen LogP contribution in [0.25, 0.3) is 6.08 Å². The molecule has 0 fully saturated rings. The molecule has 0 bridgehead atoms. The molecule has 2 aromatic carbocycles. The monoisotopic (exact) mass is 443 g/mol. The van der Waals surface area contributed by atoms with E-state index < -0.39 is 10.9 Å². The zero-order valence-corrected chi connectivity index (χ0v) is 18.0. The van der Waals surface area contributed by atoms with Gasteiger partial charge in [-0.15, -0.1) is 0 Å². The van der Waals surface area contributed by atoms with Gasteiger partial charge in [0.25, 0.3) is 5.69 Å². The average Bonchev–Trinajstić information content (AvgIpc) is 2.80. The highest BCUT2D eigenvalue weighted by atomic mass is 16.7. The third-order valence-corrected chi connectivity index (χ3v) is 4.49. The number of carbonyl (C=O) groups excluding carboxylic acids is 1. The maximum absolute atomic E-state index is 12.2. The van der Waals surface area contributed by atoms with Crippen LogP contribution in [0.3, 0.4) is 0 Å². The third-order valence-electron chi connectivity index (χ3n) is 4.49. The number of non-ortho nitro benzene ring substituents is 1. The van der Waals surface area contributed by atoms with E-state index in [2.05, 4.69) is 0 Å². The molecule has 9 nitrogen and oxygen atoms in total. The van der Waals surface area contributed by atoms with Crippen LogP contribution in [-0.4, -0.2) is 30.9 Å². The summed E-state index contributed by atoms with van der Waals surface area (Å²) >= 11 is 0. The molecule has 1 heterocycles. The predicted molar refractivity (Wildman–Crippen MR) is 116 cm³/mol. The summed E-state index contributed by atoms with van der Waals surface area (Å²) < 4.78 is 27.2. The number of hydrogen-bond acceptors (Lipinski definition) is 8. The van der Waals surface area contributed by atoms with Crippen molar-refractivity contribution in [3.63, 3.8) is 0 Å². The summed E-state index contributed by atoms with van der Waals surface area (Å²) in [4.78, 5) is 22.9. The molecule has 170 valence electrons. The fourth-order valence-electron chi connectivity index (χ4n) is 3.08. The first-order valence-corrected chi connectivity index (χ1v) is 10.3. The second-order valence-electron chi connectivity index (χ2n) is 6.89. The minimum absolute atomic E-state index is 0.0335. The fourth-order valence-corrected chi connectivity index (χ4v) is 3.08. The van der Waals surface area contributed by atoms with Crippen LogP contribution in [-0.2, 0) is 27.5 Å². The van der Waals surface area contributed by atoms with E-state index in [0.717, 1.165) is 12.0 Å². The van der Waals surface area contributed by atoms with Crippen molar-refractivity contribution in [3.05, 3.63) is 63.2 Å². The van der Waals surface area contributed by atoms with Crippen LogP contribution >= 0.6 is 0 Å². The number of carbonyl (C=O) groups is 1. The third kappa shape index (κ3) is 5.98. The quantitative estimate of drug-likeness (QED) is 0.230.